The van der Waals surface area contributed by atoms with Crippen molar-refractivity contribution in [2.45, 2.75) is 38.3 Å². The van der Waals surface area contributed by atoms with E-state index in [0.717, 1.165) is 12.8 Å². The summed E-state index contributed by atoms with van der Waals surface area (Å²) in [6, 6.07) is 2.69. The number of thiophene rings is 1. The van der Waals surface area contributed by atoms with Gasteiger partial charge in [-0.2, -0.15) is 0 Å². The van der Waals surface area contributed by atoms with Gasteiger partial charge in [-0.05, 0) is 62.9 Å². The summed E-state index contributed by atoms with van der Waals surface area (Å²) < 4.78 is 1.19. The van der Waals surface area contributed by atoms with E-state index in [1.807, 2.05) is 11.3 Å². The lowest BCUT2D eigenvalue weighted by molar-refractivity contribution is 0.117. The fraction of sp³-hybridized carbons (Fsp3) is 0.692. The fourth-order valence-electron chi connectivity index (χ4n) is 2.17. The Hall–Kier alpha value is 0.1000. The molecule has 0 radical (unpaired) electrons. The zero-order valence-corrected chi connectivity index (χ0v) is 13.8. The van der Waals surface area contributed by atoms with E-state index in [0.29, 0.717) is 6.04 Å². The predicted octanol–water partition coefficient (Wildman–Crippen LogP) is 3.37. The highest BCUT2D eigenvalue weighted by Gasteiger charge is 2.33. The smallest absolute Gasteiger partial charge is 0.0329 e. The molecule has 1 rings (SSSR count). The molecular formula is C13H23BrN2S. The van der Waals surface area contributed by atoms with Crippen molar-refractivity contribution in [2.24, 2.45) is 0 Å². The average Bonchev–Trinajstić information content (AvgIpc) is 2.70. The second-order valence-corrected chi connectivity index (χ2v) is 6.79. The van der Waals surface area contributed by atoms with Crippen LogP contribution in [0.2, 0.25) is 0 Å². The van der Waals surface area contributed by atoms with Gasteiger partial charge in [-0.3, -0.25) is 0 Å². The van der Waals surface area contributed by atoms with Gasteiger partial charge < -0.3 is 10.2 Å². The zero-order chi connectivity index (χ0) is 13.1. The maximum atomic E-state index is 3.52. The SMILES string of the molecule is CCC(C)(C(Cc1cc(Br)cs1)NC)N(C)C. The third kappa shape index (κ3) is 3.53. The highest BCUT2D eigenvalue weighted by Crippen LogP contribution is 2.27. The van der Waals surface area contributed by atoms with Crippen LogP contribution in [0.3, 0.4) is 0 Å². The van der Waals surface area contributed by atoms with Gasteiger partial charge in [0.25, 0.3) is 0 Å². The van der Waals surface area contributed by atoms with Crippen molar-refractivity contribution in [2.75, 3.05) is 21.1 Å². The lowest BCUT2D eigenvalue weighted by Gasteiger charge is -2.42. The first-order chi connectivity index (χ1) is 7.93. The lowest BCUT2D eigenvalue weighted by Crippen LogP contribution is -2.56. The first-order valence-electron chi connectivity index (χ1n) is 6.01. The van der Waals surface area contributed by atoms with Crippen LogP contribution in [0.25, 0.3) is 0 Å². The van der Waals surface area contributed by atoms with Gasteiger partial charge in [0.2, 0.25) is 0 Å². The Morgan fingerprint density at radius 2 is 2.18 bits per heavy atom. The molecule has 0 fully saturated rings. The Bertz CT molecular complexity index is 351. The van der Waals surface area contributed by atoms with Gasteiger partial charge in [-0.1, -0.05) is 6.92 Å². The third-order valence-electron chi connectivity index (χ3n) is 3.86. The maximum absolute atomic E-state index is 3.52. The third-order valence-corrected chi connectivity index (χ3v) is 5.58. The van der Waals surface area contributed by atoms with Crippen molar-refractivity contribution in [3.63, 3.8) is 0 Å². The Balaban J connectivity index is 2.83. The second kappa shape index (κ2) is 6.32. The van der Waals surface area contributed by atoms with Crippen molar-refractivity contribution in [3.05, 3.63) is 20.8 Å². The largest absolute Gasteiger partial charge is 0.315 e. The molecule has 0 aliphatic carbocycles. The molecule has 0 aromatic carbocycles. The van der Waals surface area contributed by atoms with Crippen LogP contribution in [-0.2, 0) is 6.42 Å². The molecule has 2 unspecified atom stereocenters. The molecule has 0 aliphatic heterocycles. The van der Waals surface area contributed by atoms with Crippen molar-refractivity contribution in [1.82, 2.24) is 10.2 Å². The van der Waals surface area contributed by atoms with E-state index in [4.69, 9.17) is 0 Å². The molecule has 1 heterocycles. The molecule has 98 valence electrons. The average molecular weight is 319 g/mol. The molecule has 1 N–H and O–H groups in total. The van der Waals surface area contributed by atoms with E-state index in [-0.39, 0.29) is 5.54 Å². The molecule has 0 amide bonds. The molecule has 4 heteroatoms. The van der Waals surface area contributed by atoms with Gasteiger partial charge >= 0.3 is 0 Å². The molecule has 2 atom stereocenters. The maximum Gasteiger partial charge on any atom is 0.0329 e. The highest BCUT2D eigenvalue weighted by molar-refractivity contribution is 9.10. The van der Waals surface area contributed by atoms with Crippen molar-refractivity contribution >= 4 is 27.3 Å². The molecule has 2 nitrogen and oxygen atoms in total. The summed E-state index contributed by atoms with van der Waals surface area (Å²) >= 11 is 5.35. The van der Waals surface area contributed by atoms with Crippen LogP contribution in [0.15, 0.2) is 15.9 Å². The van der Waals surface area contributed by atoms with Crippen LogP contribution in [0.4, 0.5) is 0 Å². The molecule has 0 bridgehead atoms. The number of rotatable bonds is 6. The highest BCUT2D eigenvalue weighted by atomic mass is 79.9. The van der Waals surface area contributed by atoms with E-state index in [2.05, 4.69) is 72.6 Å². The Morgan fingerprint density at radius 1 is 1.53 bits per heavy atom. The van der Waals surface area contributed by atoms with Gasteiger partial charge in [-0.15, -0.1) is 11.3 Å². The van der Waals surface area contributed by atoms with Crippen LogP contribution in [-0.4, -0.2) is 37.6 Å². The van der Waals surface area contributed by atoms with Crippen molar-refractivity contribution in [1.29, 1.82) is 0 Å². The standard InChI is InChI=1S/C13H23BrN2S/c1-6-13(2,16(4)5)12(15-3)8-11-7-10(14)9-17-11/h7,9,12,15H,6,8H2,1-5H3. The van der Waals surface area contributed by atoms with Gasteiger partial charge in [0.1, 0.15) is 0 Å². The van der Waals surface area contributed by atoms with Gasteiger partial charge in [0.15, 0.2) is 0 Å². The van der Waals surface area contributed by atoms with Crippen molar-refractivity contribution < 1.29 is 0 Å². The lowest BCUT2D eigenvalue weighted by atomic mass is 9.85. The number of likely N-dealkylation sites (N-methyl/N-ethyl adjacent to an activating group) is 2. The van der Waals surface area contributed by atoms with E-state index in [1.165, 1.54) is 9.35 Å². The van der Waals surface area contributed by atoms with Gasteiger partial charge in [0.05, 0.1) is 0 Å². The number of hydrogen-bond acceptors (Lipinski definition) is 3. The number of nitrogens with one attached hydrogen (secondary N) is 1. The molecule has 1 aromatic heterocycles. The van der Waals surface area contributed by atoms with E-state index >= 15 is 0 Å². The summed E-state index contributed by atoms with van der Waals surface area (Å²) in [5, 5.41) is 5.64. The number of halogens is 1. The fourth-order valence-corrected chi connectivity index (χ4v) is 3.67. The van der Waals surface area contributed by atoms with Gasteiger partial charge in [0, 0.05) is 26.3 Å². The molecule has 0 aliphatic rings. The van der Waals surface area contributed by atoms with Crippen molar-refractivity contribution in [3.8, 4) is 0 Å². The minimum absolute atomic E-state index is 0.186. The van der Waals surface area contributed by atoms with E-state index in [9.17, 15) is 0 Å². The Kier molecular flexibility index (Phi) is 5.64. The summed E-state index contributed by atoms with van der Waals surface area (Å²) in [6.07, 6.45) is 2.22. The Labute approximate surface area is 118 Å². The predicted molar refractivity (Wildman–Crippen MR) is 81.0 cm³/mol. The molecule has 0 saturated heterocycles. The molecule has 0 spiro atoms. The summed E-state index contributed by atoms with van der Waals surface area (Å²) in [5.74, 6) is 0. The van der Waals surface area contributed by atoms with E-state index < -0.39 is 0 Å². The van der Waals surface area contributed by atoms with Crippen LogP contribution < -0.4 is 5.32 Å². The van der Waals surface area contributed by atoms with Crippen LogP contribution in [0.5, 0.6) is 0 Å². The summed E-state index contributed by atoms with van der Waals surface area (Å²) in [4.78, 5) is 3.76. The number of nitrogens with zero attached hydrogens (tertiary/aromatic N) is 1. The summed E-state index contributed by atoms with van der Waals surface area (Å²) in [5.41, 5.74) is 0.186. The van der Waals surface area contributed by atoms with Crippen LogP contribution >= 0.6 is 27.3 Å². The van der Waals surface area contributed by atoms with Gasteiger partial charge in [-0.25, -0.2) is 0 Å². The first kappa shape index (κ1) is 15.2. The first-order valence-corrected chi connectivity index (χ1v) is 7.69. The monoisotopic (exact) mass is 318 g/mol. The van der Waals surface area contributed by atoms with Crippen LogP contribution in [0, 0.1) is 0 Å². The normalized spacial score (nSPS) is 17.1. The second-order valence-electron chi connectivity index (χ2n) is 4.88. The number of hydrogen-bond donors (Lipinski definition) is 1. The summed E-state index contributed by atoms with van der Waals surface area (Å²) in [6.45, 7) is 4.59. The molecular weight excluding hydrogens is 296 g/mol. The minimum atomic E-state index is 0.186. The molecule has 1 aromatic rings. The van der Waals surface area contributed by atoms with Crippen LogP contribution in [0.1, 0.15) is 25.1 Å². The zero-order valence-electron chi connectivity index (χ0n) is 11.4. The molecule has 0 saturated carbocycles. The Morgan fingerprint density at radius 3 is 2.53 bits per heavy atom. The minimum Gasteiger partial charge on any atom is -0.315 e. The molecule has 17 heavy (non-hydrogen) atoms. The summed E-state index contributed by atoms with van der Waals surface area (Å²) in [7, 11) is 6.39. The van der Waals surface area contributed by atoms with E-state index in [1.54, 1.807) is 0 Å². The topological polar surface area (TPSA) is 15.3 Å². The quantitative estimate of drug-likeness (QED) is 0.865.